The minimum Gasteiger partial charge on any atom is -0.368 e. The van der Waals surface area contributed by atoms with Crippen molar-refractivity contribution in [3.63, 3.8) is 0 Å². The highest BCUT2D eigenvalue weighted by atomic mass is 32.2. The Morgan fingerprint density at radius 3 is 2.48 bits per heavy atom. The van der Waals surface area contributed by atoms with E-state index in [1.165, 1.54) is 6.92 Å². The lowest BCUT2D eigenvalue weighted by molar-refractivity contribution is -0.141. The third-order valence-corrected chi connectivity index (χ3v) is 4.30. The maximum atomic E-state index is 12.6. The number of amides is 1. The van der Waals surface area contributed by atoms with E-state index in [2.05, 4.69) is 10.3 Å². The lowest BCUT2D eigenvalue weighted by atomic mass is 10.2. The molecular formula is C11H14F3N3O3S. The Morgan fingerprint density at radius 2 is 2.00 bits per heavy atom. The zero-order valence-electron chi connectivity index (χ0n) is 11.1. The minimum atomic E-state index is -4.68. The summed E-state index contributed by atoms with van der Waals surface area (Å²) < 4.78 is 60.3. The van der Waals surface area contributed by atoms with Crippen molar-refractivity contribution >= 4 is 21.6 Å². The highest BCUT2D eigenvalue weighted by molar-refractivity contribution is 7.91. The van der Waals surface area contributed by atoms with Gasteiger partial charge in [-0.05, 0) is 12.1 Å². The van der Waals surface area contributed by atoms with Crippen LogP contribution in [0.2, 0.25) is 0 Å². The molecule has 0 aliphatic rings. The van der Waals surface area contributed by atoms with Gasteiger partial charge < -0.3 is 11.1 Å². The van der Waals surface area contributed by atoms with Gasteiger partial charge in [0.1, 0.15) is 11.5 Å². The van der Waals surface area contributed by atoms with E-state index in [0.717, 1.165) is 6.07 Å². The summed E-state index contributed by atoms with van der Waals surface area (Å²) in [5.41, 5.74) is 3.60. The summed E-state index contributed by atoms with van der Waals surface area (Å²) in [5, 5.41) is 2.41. The van der Waals surface area contributed by atoms with Gasteiger partial charge in [0.05, 0.1) is 11.3 Å². The fourth-order valence-electron chi connectivity index (χ4n) is 1.42. The van der Waals surface area contributed by atoms with Crippen molar-refractivity contribution < 1.29 is 26.4 Å². The Kier molecular flexibility index (Phi) is 5.15. The van der Waals surface area contributed by atoms with Gasteiger partial charge in [-0.15, -0.1) is 0 Å². The normalized spacial score (nSPS) is 12.2. The van der Waals surface area contributed by atoms with Crippen LogP contribution < -0.4 is 11.1 Å². The largest absolute Gasteiger partial charge is 0.433 e. The lowest BCUT2D eigenvalue weighted by Crippen LogP contribution is -2.22. The molecule has 0 bridgehead atoms. The summed E-state index contributed by atoms with van der Waals surface area (Å²) in [6, 6.07) is 1.53. The number of primary amides is 1. The first-order chi connectivity index (χ1) is 9.57. The van der Waals surface area contributed by atoms with Gasteiger partial charge in [0.2, 0.25) is 0 Å². The van der Waals surface area contributed by atoms with E-state index in [4.69, 9.17) is 5.73 Å². The number of anilines is 1. The molecule has 0 spiro atoms. The molecule has 3 N–H and O–H groups in total. The molecule has 1 aromatic rings. The summed E-state index contributed by atoms with van der Waals surface area (Å²) >= 11 is 0. The van der Waals surface area contributed by atoms with Gasteiger partial charge in [0.15, 0.2) is 9.84 Å². The van der Waals surface area contributed by atoms with Crippen LogP contribution in [0.3, 0.4) is 0 Å². The van der Waals surface area contributed by atoms with E-state index in [0.29, 0.717) is 6.07 Å². The number of rotatable bonds is 6. The SMILES string of the molecule is CCS(=O)(=O)CCNc1nc(C(F)(F)F)ccc1C(N)=O. The first-order valence-electron chi connectivity index (χ1n) is 5.89. The number of alkyl halides is 3. The molecule has 1 rings (SSSR count). The third-order valence-electron chi connectivity index (χ3n) is 2.60. The van der Waals surface area contributed by atoms with E-state index in [1.807, 2.05) is 0 Å². The van der Waals surface area contributed by atoms with Crippen LogP contribution in [0.25, 0.3) is 0 Å². The second kappa shape index (κ2) is 6.29. The Morgan fingerprint density at radius 1 is 1.38 bits per heavy atom. The number of halogens is 3. The van der Waals surface area contributed by atoms with Crippen molar-refractivity contribution in [2.75, 3.05) is 23.4 Å². The quantitative estimate of drug-likeness (QED) is 0.814. The van der Waals surface area contributed by atoms with E-state index in [9.17, 15) is 26.4 Å². The van der Waals surface area contributed by atoms with Crippen molar-refractivity contribution in [2.45, 2.75) is 13.1 Å². The topological polar surface area (TPSA) is 102 Å². The molecule has 0 radical (unpaired) electrons. The Bertz CT molecular complexity index is 629. The molecule has 10 heteroatoms. The van der Waals surface area contributed by atoms with Gasteiger partial charge >= 0.3 is 6.18 Å². The number of pyridine rings is 1. The highest BCUT2D eigenvalue weighted by Crippen LogP contribution is 2.29. The molecule has 0 atom stereocenters. The van der Waals surface area contributed by atoms with Crippen molar-refractivity contribution in [1.29, 1.82) is 0 Å². The fraction of sp³-hybridized carbons (Fsp3) is 0.455. The van der Waals surface area contributed by atoms with Crippen LogP contribution in [0.1, 0.15) is 23.0 Å². The number of carbonyl (C=O) groups is 1. The Labute approximate surface area is 119 Å². The van der Waals surface area contributed by atoms with E-state index >= 15 is 0 Å². The molecule has 0 unspecified atom stereocenters. The molecular weight excluding hydrogens is 311 g/mol. The molecule has 0 saturated carbocycles. The highest BCUT2D eigenvalue weighted by Gasteiger charge is 2.33. The average Bonchev–Trinajstić information content (AvgIpc) is 2.37. The maximum absolute atomic E-state index is 12.6. The van der Waals surface area contributed by atoms with Gasteiger partial charge in [-0.2, -0.15) is 13.2 Å². The molecule has 21 heavy (non-hydrogen) atoms. The molecule has 0 saturated heterocycles. The number of carbonyl (C=O) groups excluding carboxylic acids is 1. The van der Waals surface area contributed by atoms with Gasteiger partial charge in [0, 0.05) is 12.3 Å². The molecule has 0 fully saturated rings. The number of hydrogen-bond donors (Lipinski definition) is 2. The molecule has 0 aromatic carbocycles. The molecule has 1 aromatic heterocycles. The van der Waals surface area contributed by atoms with E-state index in [1.54, 1.807) is 0 Å². The van der Waals surface area contributed by atoms with Crippen LogP contribution in [-0.2, 0) is 16.0 Å². The second-order valence-corrected chi connectivity index (χ2v) is 6.59. The number of aromatic nitrogens is 1. The summed E-state index contributed by atoms with van der Waals surface area (Å²) in [6.07, 6.45) is -4.68. The minimum absolute atomic E-state index is 0.0899. The van der Waals surface area contributed by atoms with Crippen LogP contribution in [-0.4, -0.2) is 37.4 Å². The Balaban J connectivity index is 3.00. The molecule has 0 aliphatic carbocycles. The Hall–Kier alpha value is -1.84. The van der Waals surface area contributed by atoms with Gasteiger partial charge in [-0.1, -0.05) is 6.92 Å². The van der Waals surface area contributed by atoms with Crippen molar-refractivity contribution in [1.82, 2.24) is 4.98 Å². The van der Waals surface area contributed by atoms with Gasteiger partial charge in [0.25, 0.3) is 5.91 Å². The summed E-state index contributed by atoms with van der Waals surface area (Å²) in [7, 11) is -3.29. The number of nitrogens with two attached hydrogens (primary N) is 1. The first kappa shape index (κ1) is 17.2. The maximum Gasteiger partial charge on any atom is 0.433 e. The number of nitrogens with one attached hydrogen (secondary N) is 1. The van der Waals surface area contributed by atoms with Crippen LogP contribution >= 0.6 is 0 Å². The zero-order chi connectivity index (χ0) is 16.3. The average molecular weight is 325 g/mol. The first-order valence-corrected chi connectivity index (χ1v) is 7.71. The standard InChI is InChI=1S/C11H14F3N3O3S/c1-2-21(19,20)6-5-16-10-7(9(15)18)3-4-8(17-10)11(12,13)14/h3-4H,2,5-6H2,1H3,(H2,15,18)(H,16,17). The number of sulfone groups is 1. The smallest absolute Gasteiger partial charge is 0.368 e. The monoisotopic (exact) mass is 325 g/mol. The van der Waals surface area contributed by atoms with Crippen LogP contribution in [0.15, 0.2) is 12.1 Å². The predicted molar refractivity (Wildman–Crippen MR) is 70.6 cm³/mol. The van der Waals surface area contributed by atoms with E-state index < -0.39 is 27.6 Å². The molecule has 0 aliphatic heterocycles. The number of hydrogen-bond acceptors (Lipinski definition) is 5. The van der Waals surface area contributed by atoms with Gasteiger partial charge in [-0.3, -0.25) is 4.79 Å². The second-order valence-electron chi connectivity index (χ2n) is 4.12. The lowest BCUT2D eigenvalue weighted by Gasteiger charge is -2.12. The van der Waals surface area contributed by atoms with Crippen molar-refractivity contribution in [3.05, 3.63) is 23.4 Å². The molecule has 118 valence electrons. The summed E-state index contributed by atoms with van der Waals surface area (Å²) in [6.45, 7) is 1.28. The van der Waals surface area contributed by atoms with E-state index in [-0.39, 0.29) is 29.4 Å². The van der Waals surface area contributed by atoms with Gasteiger partial charge in [-0.25, -0.2) is 13.4 Å². The fourth-order valence-corrected chi connectivity index (χ4v) is 2.12. The van der Waals surface area contributed by atoms with Crippen LogP contribution in [0, 0.1) is 0 Å². The predicted octanol–water partition coefficient (Wildman–Crippen LogP) is 1.05. The number of nitrogens with zero attached hydrogens (tertiary/aromatic N) is 1. The summed E-state index contributed by atoms with van der Waals surface area (Å²) in [4.78, 5) is 14.4. The third kappa shape index (κ3) is 4.88. The zero-order valence-corrected chi connectivity index (χ0v) is 11.9. The molecule has 1 heterocycles. The van der Waals surface area contributed by atoms with Crippen LogP contribution in [0.4, 0.5) is 19.0 Å². The van der Waals surface area contributed by atoms with Crippen molar-refractivity contribution in [2.24, 2.45) is 5.73 Å². The molecule has 1 amide bonds. The van der Waals surface area contributed by atoms with Crippen molar-refractivity contribution in [3.8, 4) is 0 Å². The summed E-state index contributed by atoms with van der Waals surface area (Å²) in [5.74, 6) is -1.73. The molecule has 6 nitrogen and oxygen atoms in total. The van der Waals surface area contributed by atoms with Crippen LogP contribution in [0.5, 0.6) is 0 Å².